The fourth-order valence-electron chi connectivity index (χ4n) is 3.14. The Labute approximate surface area is 178 Å². The van der Waals surface area contributed by atoms with Crippen LogP contribution in [0.15, 0.2) is 12.4 Å². The molecule has 0 saturated carbocycles. The largest absolute Gasteiger partial charge is 0.496 e. The Bertz CT molecular complexity index is 1130. The van der Waals surface area contributed by atoms with Crippen molar-refractivity contribution in [3.05, 3.63) is 39.9 Å². The van der Waals surface area contributed by atoms with Gasteiger partial charge in [0, 0.05) is 29.9 Å². The number of aliphatic hydroxyl groups excluding tert-OH is 1. The molecule has 0 amide bonds. The topological polar surface area (TPSA) is 129 Å². The Balaban J connectivity index is 2.01. The van der Waals surface area contributed by atoms with Crippen LogP contribution in [0.5, 0.6) is 5.75 Å². The number of rotatable bonds is 6. The number of hydrogen-bond acceptors (Lipinski definition) is 8. The number of fused-ring (bicyclic) bond motifs is 1. The van der Waals surface area contributed by atoms with Gasteiger partial charge in [-0.2, -0.15) is 4.98 Å². The molecule has 0 fully saturated rings. The van der Waals surface area contributed by atoms with Crippen molar-refractivity contribution in [2.75, 3.05) is 19.5 Å². The van der Waals surface area contributed by atoms with E-state index in [0.29, 0.717) is 29.6 Å². The van der Waals surface area contributed by atoms with Crippen molar-refractivity contribution in [1.29, 1.82) is 0 Å². The zero-order valence-corrected chi connectivity index (χ0v) is 17.6. The van der Waals surface area contributed by atoms with E-state index < -0.39 is 6.48 Å². The summed E-state index contributed by atoms with van der Waals surface area (Å²) in [5, 5.41) is 18.2. The molecule has 0 radical (unpaired) electrons. The molecule has 3 heterocycles. The van der Waals surface area contributed by atoms with Gasteiger partial charge in [-0.1, -0.05) is 23.4 Å². The molecule has 0 atom stereocenters. The molecule has 0 spiro atoms. The van der Waals surface area contributed by atoms with Gasteiger partial charge in [0.05, 0.1) is 36.9 Å². The zero-order valence-electron chi connectivity index (χ0n) is 16.8. The molecule has 3 aromatic rings. The summed E-state index contributed by atoms with van der Waals surface area (Å²) < 4.78 is 12.0. The van der Waals surface area contributed by atoms with E-state index in [-0.39, 0.29) is 17.7 Å². The van der Waals surface area contributed by atoms with E-state index in [9.17, 15) is 0 Å². The van der Waals surface area contributed by atoms with Gasteiger partial charge in [-0.15, -0.1) is 0 Å². The number of aryl methyl sites for hydroxylation is 1. The number of nitrogens with zero attached hydrogens (tertiary/aromatic N) is 4. The van der Waals surface area contributed by atoms with Crippen LogP contribution in [0.4, 0.5) is 5.95 Å². The molecule has 0 bridgehead atoms. The molecule has 3 aromatic heterocycles. The summed E-state index contributed by atoms with van der Waals surface area (Å²) in [5.41, 5.74) is 9.66. The lowest BCUT2D eigenvalue weighted by atomic mass is 10.1. The number of aromatic nitrogens is 4. The molecule has 9 nitrogen and oxygen atoms in total. The van der Waals surface area contributed by atoms with Crippen LogP contribution in [0.2, 0.25) is 5.15 Å². The second-order valence-electron chi connectivity index (χ2n) is 6.54. The smallest absolute Gasteiger partial charge is 0.266 e. The maximum Gasteiger partial charge on any atom is 0.266 e. The first-order valence-corrected chi connectivity index (χ1v) is 9.47. The van der Waals surface area contributed by atoms with Crippen molar-refractivity contribution >= 4 is 28.6 Å². The lowest BCUT2D eigenvalue weighted by Crippen LogP contribution is -2.10. The number of halogens is 1. The minimum atomic E-state index is -1.82. The van der Waals surface area contributed by atoms with Gasteiger partial charge in [-0.05, 0) is 13.8 Å². The van der Waals surface area contributed by atoms with Crippen molar-refractivity contribution in [1.82, 2.24) is 19.5 Å². The number of anilines is 1. The quantitative estimate of drug-likeness (QED) is 0.233. The summed E-state index contributed by atoms with van der Waals surface area (Å²) in [5.74, 6) is 6.77. The molecule has 10 heteroatoms. The normalized spacial score (nSPS) is 11.0. The van der Waals surface area contributed by atoms with E-state index in [0.717, 1.165) is 22.6 Å². The Morgan fingerprint density at radius 2 is 2.07 bits per heavy atom. The molecule has 0 saturated heterocycles. The zero-order chi connectivity index (χ0) is 21.8. The molecule has 0 aliphatic heterocycles. The minimum absolute atomic E-state index is 0.0582. The molecule has 0 aliphatic carbocycles. The highest BCUT2D eigenvalue weighted by Gasteiger charge is 2.17. The maximum absolute atomic E-state index is 8.71. The van der Waals surface area contributed by atoms with Crippen molar-refractivity contribution in [2.24, 2.45) is 0 Å². The third-order valence-electron chi connectivity index (χ3n) is 4.48. The Morgan fingerprint density at radius 3 is 2.77 bits per heavy atom. The van der Waals surface area contributed by atoms with Crippen LogP contribution in [-0.4, -0.2) is 49.9 Å². The highest BCUT2D eigenvalue weighted by Crippen LogP contribution is 2.29. The van der Waals surface area contributed by atoms with Crippen LogP contribution in [0.25, 0.3) is 11.0 Å². The van der Waals surface area contributed by atoms with E-state index in [2.05, 4.69) is 31.5 Å². The third-order valence-corrected chi connectivity index (χ3v) is 4.75. The molecule has 30 heavy (non-hydrogen) atoms. The van der Waals surface area contributed by atoms with E-state index in [1.807, 2.05) is 24.6 Å². The Hall–Kier alpha value is -2.90. The van der Waals surface area contributed by atoms with Crippen LogP contribution in [0.1, 0.15) is 28.8 Å². The van der Waals surface area contributed by atoms with E-state index in [4.69, 9.17) is 32.3 Å². The second-order valence-corrected chi connectivity index (χ2v) is 6.89. The second kappa shape index (κ2) is 9.28. The first kappa shape index (κ1) is 21.8. The van der Waals surface area contributed by atoms with Crippen molar-refractivity contribution in [2.45, 2.75) is 33.3 Å². The molecular formula is C20H22ClN5O4. The molecule has 0 unspecified atom stereocenters. The molecule has 0 aromatic carbocycles. The van der Waals surface area contributed by atoms with Crippen LogP contribution < -0.4 is 10.5 Å². The Kier molecular flexibility index (Phi) is 6.74. The Morgan fingerprint density at radius 1 is 1.30 bits per heavy atom. The summed E-state index contributed by atoms with van der Waals surface area (Å²) in [6, 6.07) is 0. The lowest BCUT2D eigenvalue weighted by molar-refractivity contribution is -0.232. The lowest BCUT2D eigenvalue weighted by Gasteiger charge is -2.13. The van der Waals surface area contributed by atoms with E-state index in [1.165, 1.54) is 0 Å². The van der Waals surface area contributed by atoms with Crippen molar-refractivity contribution in [3.63, 3.8) is 0 Å². The highest BCUT2D eigenvalue weighted by atomic mass is 35.5. The number of aliphatic hydroxyl groups is 2. The summed E-state index contributed by atoms with van der Waals surface area (Å²) >= 11 is 6.33. The van der Waals surface area contributed by atoms with Gasteiger partial charge >= 0.3 is 0 Å². The number of methoxy groups -OCH3 is 1. The van der Waals surface area contributed by atoms with Gasteiger partial charge in [-0.3, -0.25) is 4.98 Å². The fourth-order valence-corrected chi connectivity index (χ4v) is 3.41. The van der Waals surface area contributed by atoms with Gasteiger partial charge in [0.2, 0.25) is 5.95 Å². The van der Waals surface area contributed by atoms with Gasteiger partial charge in [0.25, 0.3) is 6.48 Å². The van der Waals surface area contributed by atoms with Gasteiger partial charge in [0.1, 0.15) is 16.5 Å². The standard InChI is InChI=1S/C20H22ClN5O4/c1-11-8-23-14(12(2)16(11)29-3)10-26-9-13(6-4-5-7-30-20(27)28)15-17(21)24-19(22)25-18(15)26/h8-9,20,27-28H,5,7,10H2,1-3H3,(H2,22,24,25). The van der Waals surface area contributed by atoms with Gasteiger partial charge < -0.3 is 30.0 Å². The van der Waals surface area contributed by atoms with E-state index in [1.54, 1.807) is 13.3 Å². The highest BCUT2D eigenvalue weighted by molar-refractivity contribution is 6.34. The van der Waals surface area contributed by atoms with Gasteiger partial charge in [-0.25, -0.2) is 4.98 Å². The summed E-state index contributed by atoms with van der Waals surface area (Å²) in [4.78, 5) is 12.9. The summed E-state index contributed by atoms with van der Waals surface area (Å²) in [7, 11) is 1.63. The van der Waals surface area contributed by atoms with Crippen LogP contribution in [-0.2, 0) is 11.3 Å². The monoisotopic (exact) mass is 431 g/mol. The number of nitrogen functional groups attached to an aromatic ring is 1. The number of nitrogens with two attached hydrogens (primary N) is 1. The third kappa shape index (κ3) is 4.63. The first-order valence-electron chi connectivity index (χ1n) is 9.09. The number of pyridine rings is 1. The molecule has 158 valence electrons. The summed E-state index contributed by atoms with van der Waals surface area (Å²) in [6.07, 6.45) is 3.87. The van der Waals surface area contributed by atoms with Crippen molar-refractivity contribution < 1.29 is 19.7 Å². The van der Waals surface area contributed by atoms with E-state index >= 15 is 0 Å². The molecular weight excluding hydrogens is 410 g/mol. The van der Waals surface area contributed by atoms with Crippen molar-refractivity contribution in [3.8, 4) is 17.6 Å². The molecule has 0 aliphatic rings. The predicted octanol–water partition coefficient (Wildman–Crippen LogP) is 1.76. The average molecular weight is 432 g/mol. The molecule has 4 N–H and O–H groups in total. The fraction of sp³-hybridized carbons (Fsp3) is 0.350. The SMILES string of the molecule is COc1c(C)cnc(Cn2cc(C#CCCOC(O)O)c3c(Cl)nc(N)nc32)c1C. The average Bonchev–Trinajstić information content (AvgIpc) is 3.01. The first-order chi connectivity index (χ1) is 14.3. The minimum Gasteiger partial charge on any atom is -0.496 e. The molecule has 3 rings (SSSR count). The van der Waals surface area contributed by atoms with Crippen LogP contribution in [0, 0.1) is 25.7 Å². The van der Waals surface area contributed by atoms with Crippen LogP contribution in [0.3, 0.4) is 0 Å². The number of hydrogen-bond donors (Lipinski definition) is 3. The summed E-state index contributed by atoms with van der Waals surface area (Å²) in [6.45, 7) is 2.56. The number of ether oxygens (including phenoxy) is 2. The van der Waals surface area contributed by atoms with Gasteiger partial charge in [0.15, 0.2) is 0 Å². The van der Waals surface area contributed by atoms with Crippen LogP contribution >= 0.6 is 11.6 Å². The predicted molar refractivity (Wildman–Crippen MR) is 112 cm³/mol. The maximum atomic E-state index is 8.71.